The quantitative estimate of drug-likeness (QED) is 0.128. The summed E-state index contributed by atoms with van der Waals surface area (Å²) in [7, 11) is 8.38. The maximum atomic E-state index is 4.62. The minimum atomic E-state index is 0.471. The first-order valence-electron chi connectivity index (χ1n) is 27.6. The molecule has 8 nitrogen and oxygen atoms in total. The van der Waals surface area contributed by atoms with Crippen molar-refractivity contribution in [2.45, 2.75) is 160 Å². The second kappa shape index (κ2) is 26.8. The second-order valence-corrected chi connectivity index (χ2v) is 22.9. The van der Waals surface area contributed by atoms with Crippen LogP contribution < -0.4 is 18.3 Å². The van der Waals surface area contributed by atoms with E-state index in [1.165, 1.54) is 89.5 Å². The standard InChI is InChI=1S/2C18H25N2.2C16H21N2/c1-12(2)15-7-8-18(20(6)11-15)16-10-19-17(13(3)4)9-14(16)5;1-12(2)15-7-8-20(6)18(10-15)16-11-19-17(13(3)4)9-14(16)5;1-11(2)14-6-7-16(18(5)10-14)15-9-17-13(4)8-12(15)3;1-11(2)14-6-7-18(5)16(9-14)15-10-17-13(4)8-12(15)3/h2*7-13H,1-6H3;2*6-11H,1-5H3/q4*+1. The summed E-state index contributed by atoms with van der Waals surface area (Å²) in [6, 6.07) is 26.4. The highest BCUT2D eigenvalue weighted by atomic mass is 14.9. The van der Waals surface area contributed by atoms with Crippen LogP contribution in [0.15, 0.2) is 122 Å². The van der Waals surface area contributed by atoms with E-state index in [0.717, 1.165) is 22.8 Å². The normalized spacial score (nSPS) is 11.2. The number of pyridine rings is 8. The Morgan fingerprint density at radius 2 is 0.605 bits per heavy atom. The van der Waals surface area contributed by atoms with E-state index in [0.29, 0.717) is 35.5 Å². The molecule has 0 amide bonds. The Kier molecular flexibility index (Phi) is 21.2. The van der Waals surface area contributed by atoms with Gasteiger partial charge in [0.2, 0.25) is 22.8 Å². The van der Waals surface area contributed by atoms with E-state index in [9.17, 15) is 0 Å². The van der Waals surface area contributed by atoms with Crippen molar-refractivity contribution >= 4 is 0 Å². The van der Waals surface area contributed by atoms with Crippen molar-refractivity contribution in [3.05, 3.63) is 190 Å². The van der Waals surface area contributed by atoms with Gasteiger partial charge in [0, 0.05) is 95.1 Å². The van der Waals surface area contributed by atoms with E-state index in [-0.39, 0.29) is 0 Å². The van der Waals surface area contributed by atoms with Gasteiger partial charge in [-0.25, -0.2) is 18.3 Å². The average Bonchev–Trinajstić information content (AvgIpc) is 3.35. The largest absolute Gasteiger partial charge is 0.261 e. The molecule has 8 heteroatoms. The molecule has 0 unspecified atom stereocenters. The van der Waals surface area contributed by atoms with Crippen molar-refractivity contribution in [3.63, 3.8) is 0 Å². The van der Waals surface area contributed by atoms with Gasteiger partial charge in [-0.05, 0) is 147 Å². The Bertz CT molecular complexity index is 3180. The molecule has 0 radical (unpaired) electrons. The molecule has 0 bridgehead atoms. The molecule has 0 saturated heterocycles. The lowest BCUT2D eigenvalue weighted by atomic mass is 9.99. The fourth-order valence-corrected chi connectivity index (χ4v) is 9.18. The minimum absolute atomic E-state index is 0.471. The van der Waals surface area contributed by atoms with Crippen LogP contribution in [0.2, 0.25) is 0 Å². The Labute approximate surface area is 459 Å². The molecule has 0 N–H and O–H groups in total. The average molecular weight is 1020 g/mol. The number of hydrogen-bond acceptors (Lipinski definition) is 4. The monoisotopic (exact) mass is 1020 g/mol. The zero-order valence-electron chi connectivity index (χ0n) is 50.6. The van der Waals surface area contributed by atoms with Gasteiger partial charge in [0.15, 0.2) is 24.8 Å². The van der Waals surface area contributed by atoms with Gasteiger partial charge in [0.1, 0.15) is 28.2 Å². The van der Waals surface area contributed by atoms with Crippen LogP contribution in [0.1, 0.15) is 186 Å². The third kappa shape index (κ3) is 15.6. The molecule has 8 aromatic heterocycles. The Hall–Kier alpha value is -6.80. The summed E-state index contributed by atoms with van der Waals surface area (Å²) in [5, 5.41) is 0. The summed E-state index contributed by atoms with van der Waals surface area (Å²) in [6.45, 7) is 39.2. The SMILES string of the molecule is Cc1cc(C(C)C)ncc1-c1cc(C(C)C)cc[n+]1C.Cc1cc(C(C)C)ncc1-c1ccc(C(C)C)c[n+]1C.Cc1cc(C)c(-c2cc(C(C)C)cc[n+]2C)cn1.Cc1cc(C)c(-c2ccc(C(C)C)c[n+]2C)cn1. The zero-order valence-corrected chi connectivity index (χ0v) is 50.6. The molecule has 0 aliphatic carbocycles. The van der Waals surface area contributed by atoms with Crippen LogP contribution in [0.5, 0.6) is 0 Å². The number of aromatic nitrogens is 8. The van der Waals surface area contributed by atoms with Gasteiger partial charge in [-0.15, -0.1) is 0 Å². The van der Waals surface area contributed by atoms with Crippen LogP contribution >= 0.6 is 0 Å². The van der Waals surface area contributed by atoms with Gasteiger partial charge in [0.05, 0.1) is 22.3 Å². The van der Waals surface area contributed by atoms with Gasteiger partial charge in [0.25, 0.3) is 0 Å². The maximum absolute atomic E-state index is 4.62. The van der Waals surface area contributed by atoms with Crippen LogP contribution in [-0.2, 0) is 28.2 Å². The fourth-order valence-electron chi connectivity index (χ4n) is 9.18. The molecule has 0 atom stereocenters. The van der Waals surface area contributed by atoms with E-state index in [4.69, 9.17) is 0 Å². The first-order valence-corrected chi connectivity index (χ1v) is 27.6. The van der Waals surface area contributed by atoms with Crippen molar-refractivity contribution in [1.29, 1.82) is 0 Å². The molecule has 0 saturated carbocycles. The summed E-state index contributed by atoms with van der Waals surface area (Å²) in [4.78, 5) is 18.0. The predicted octanol–water partition coefficient (Wildman–Crippen LogP) is 14.9. The lowest BCUT2D eigenvalue weighted by Crippen LogP contribution is -2.31. The number of aryl methyl sites for hydroxylation is 10. The summed E-state index contributed by atoms with van der Waals surface area (Å²) in [5.74, 6) is 3.14. The van der Waals surface area contributed by atoms with Crippen LogP contribution in [0.25, 0.3) is 45.0 Å². The Morgan fingerprint density at radius 1 is 0.303 bits per heavy atom. The summed E-state index contributed by atoms with van der Waals surface area (Å²) < 4.78 is 8.72. The molecule has 0 fully saturated rings. The smallest absolute Gasteiger partial charge is 0.214 e. The number of rotatable bonds is 10. The summed E-state index contributed by atoms with van der Waals surface area (Å²) in [6.07, 6.45) is 16.7. The predicted molar refractivity (Wildman–Crippen MR) is 316 cm³/mol. The topological polar surface area (TPSA) is 67.1 Å². The maximum Gasteiger partial charge on any atom is 0.214 e. The first-order chi connectivity index (χ1) is 35.8. The first kappa shape index (κ1) is 60.1. The van der Waals surface area contributed by atoms with Gasteiger partial charge < -0.3 is 0 Å². The van der Waals surface area contributed by atoms with Crippen molar-refractivity contribution in [1.82, 2.24) is 19.9 Å². The molecule has 8 heterocycles. The van der Waals surface area contributed by atoms with Gasteiger partial charge in [-0.3, -0.25) is 19.9 Å². The molecule has 8 aromatic rings. The molecule has 0 aliphatic heterocycles. The minimum Gasteiger partial charge on any atom is -0.261 e. The molecular weight excluding hydrogens is 929 g/mol. The molecule has 76 heavy (non-hydrogen) atoms. The third-order valence-electron chi connectivity index (χ3n) is 14.4. The van der Waals surface area contributed by atoms with Crippen molar-refractivity contribution < 1.29 is 18.3 Å². The lowest BCUT2D eigenvalue weighted by molar-refractivity contribution is -0.661. The molecule has 8 rings (SSSR count). The van der Waals surface area contributed by atoms with E-state index in [2.05, 4.69) is 275 Å². The molecule has 0 spiro atoms. The van der Waals surface area contributed by atoms with E-state index in [1.807, 2.05) is 38.6 Å². The van der Waals surface area contributed by atoms with Crippen molar-refractivity contribution in [3.8, 4) is 45.0 Å². The second-order valence-electron chi connectivity index (χ2n) is 22.9. The van der Waals surface area contributed by atoms with Gasteiger partial charge >= 0.3 is 0 Å². The van der Waals surface area contributed by atoms with Crippen LogP contribution in [0, 0.1) is 41.5 Å². The highest BCUT2D eigenvalue weighted by molar-refractivity contribution is 5.63. The van der Waals surface area contributed by atoms with Gasteiger partial charge in [-0.1, -0.05) is 83.1 Å². The number of hydrogen-bond donors (Lipinski definition) is 0. The highest BCUT2D eigenvalue weighted by Gasteiger charge is 2.20. The fraction of sp³-hybridized carbons (Fsp3) is 0.412. The molecule has 0 aliphatic rings. The van der Waals surface area contributed by atoms with Crippen molar-refractivity contribution in [2.75, 3.05) is 0 Å². The molecular formula is C68H92N8+4. The van der Waals surface area contributed by atoms with E-state index in [1.54, 1.807) is 0 Å². The Morgan fingerprint density at radius 3 is 0.882 bits per heavy atom. The number of nitrogens with zero attached hydrogens (tertiary/aromatic N) is 8. The summed E-state index contributed by atoms with van der Waals surface area (Å²) >= 11 is 0. The highest BCUT2D eigenvalue weighted by Crippen LogP contribution is 2.28. The lowest BCUT2D eigenvalue weighted by Gasteiger charge is -2.11. The van der Waals surface area contributed by atoms with E-state index >= 15 is 0 Å². The Balaban J connectivity index is 0.000000187. The van der Waals surface area contributed by atoms with Crippen LogP contribution in [0.4, 0.5) is 0 Å². The van der Waals surface area contributed by atoms with Crippen molar-refractivity contribution in [2.24, 2.45) is 28.2 Å². The zero-order chi connectivity index (χ0) is 56.3. The molecule has 0 aromatic carbocycles. The summed E-state index contributed by atoms with van der Waals surface area (Å²) in [5.41, 5.74) is 24.8. The van der Waals surface area contributed by atoms with Crippen LogP contribution in [-0.4, -0.2) is 19.9 Å². The molecule has 400 valence electrons. The van der Waals surface area contributed by atoms with Gasteiger partial charge in [-0.2, -0.15) is 0 Å². The third-order valence-corrected chi connectivity index (χ3v) is 14.4. The van der Waals surface area contributed by atoms with Crippen LogP contribution in [0.3, 0.4) is 0 Å². The van der Waals surface area contributed by atoms with E-state index < -0.39 is 0 Å².